The Bertz CT molecular complexity index is 2350. The van der Waals surface area contributed by atoms with E-state index in [0.29, 0.717) is 0 Å². The number of rotatable bonds is 3. The van der Waals surface area contributed by atoms with Crippen molar-refractivity contribution in [3.63, 3.8) is 0 Å². The zero-order valence-electron chi connectivity index (χ0n) is 26.0. The van der Waals surface area contributed by atoms with E-state index < -0.39 is 0 Å². The average molecular weight is 587 g/mol. The van der Waals surface area contributed by atoms with E-state index >= 15 is 0 Å². The molecule has 0 aromatic heterocycles. The minimum atomic E-state index is 0.825. The van der Waals surface area contributed by atoms with Gasteiger partial charge in [0, 0.05) is 0 Å². The van der Waals surface area contributed by atoms with Gasteiger partial charge in [0.2, 0.25) is 0 Å². The van der Waals surface area contributed by atoms with Crippen LogP contribution in [0.1, 0.15) is 28.7 Å². The highest BCUT2D eigenvalue weighted by molar-refractivity contribution is 6.21. The Labute approximate surface area is 271 Å². The Morgan fingerprint density at radius 1 is 0.522 bits per heavy atom. The zero-order chi connectivity index (χ0) is 31.0. The summed E-state index contributed by atoms with van der Waals surface area (Å²) in [7, 11) is 0. The quantitative estimate of drug-likeness (QED) is 0.181. The summed E-state index contributed by atoms with van der Waals surface area (Å²) in [4.78, 5) is 0. The van der Waals surface area contributed by atoms with E-state index in [-0.39, 0.29) is 0 Å². The van der Waals surface area contributed by atoms with Crippen LogP contribution in [0.5, 0.6) is 0 Å². The van der Waals surface area contributed by atoms with Gasteiger partial charge in [-0.1, -0.05) is 170 Å². The summed E-state index contributed by atoms with van der Waals surface area (Å²) < 4.78 is 0. The van der Waals surface area contributed by atoms with Crippen LogP contribution in [-0.4, -0.2) is 0 Å². The van der Waals surface area contributed by atoms with Crippen LogP contribution in [0.2, 0.25) is 0 Å². The third-order valence-electron chi connectivity index (χ3n) is 9.27. The maximum absolute atomic E-state index is 4.38. The van der Waals surface area contributed by atoms with Gasteiger partial charge in [-0.05, 0) is 102 Å². The maximum Gasteiger partial charge on any atom is -0.00201 e. The molecule has 0 radical (unpaired) electrons. The van der Waals surface area contributed by atoms with Gasteiger partial charge in [0.1, 0.15) is 0 Å². The molecular weight excluding hydrogens is 553 g/mol. The number of aryl methyl sites for hydroxylation is 1. The van der Waals surface area contributed by atoms with Crippen molar-refractivity contribution < 1.29 is 0 Å². The molecule has 7 aromatic carbocycles. The third-order valence-corrected chi connectivity index (χ3v) is 9.27. The predicted octanol–water partition coefficient (Wildman–Crippen LogP) is 12.9. The Kier molecular flexibility index (Phi) is 7.04. The van der Waals surface area contributed by atoms with Crippen LogP contribution in [0.3, 0.4) is 0 Å². The second-order valence-electron chi connectivity index (χ2n) is 12.2. The fraction of sp³-hybridized carbons (Fsp3) is 0.0435. The summed E-state index contributed by atoms with van der Waals surface area (Å²) in [6, 6.07) is 49.0. The van der Waals surface area contributed by atoms with Crippen molar-refractivity contribution in [3.05, 3.63) is 187 Å². The SMILES string of the molecule is C=C1/C=C\C=C/C/C(c2c3ccccc3c(-c3ccccc3-c3ccc4cc(C)ccc4c3)c3ccccc23)=C\c2ccccc21. The summed E-state index contributed by atoms with van der Waals surface area (Å²) in [5, 5.41) is 7.60. The molecule has 0 fully saturated rings. The summed E-state index contributed by atoms with van der Waals surface area (Å²) in [6.45, 7) is 6.53. The fourth-order valence-electron chi connectivity index (χ4n) is 7.12. The lowest BCUT2D eigenvalue weighted by Crippen LogP contribution is -1.96. The number of allylic oxidation sites excluding steroid dienone is 6. The molecule has 0 N–H and O–H groups in total. The number of hydrogen-bond acceptors (Lipinski definition) is 0. The Hall–Kier alpha value is -5.72. The molecular formula is C46H34. The van der Waals surface area contributed by atoms with Crippen molar-refractivity contribution in [2.75, 3.05) is 0 Å². The van der Waals surface area contributed by atoms with Gasteiger partial charge in [0.15, 0.2) is 0 Å². The van der Waals surface area contributed by atoms with Gasteiger partial charge in [0.05, 0.1) is 0 Å². The van der Waals surface area contributed by atoms with E-state index in [2.05, 4.69) is 177 Å². The van der Waals surface area contributed by atoms with Gasteiger partial charge < -0.3 is 0 Å². The molecule has 0 heteroatoms. The lowest BCUT2D eigenvalue weighted by molar-refractivity contribution is 1.42. The normalized spacial score (nSPS) is 15.8. The summed E-state index contributed by atoms with van der Waals surface area (Å²) in [5.74, 6) is 0. The van der Waals surface area contributed by atoms with Crippen LogP contribution in [0.4, 0.5) is 0 Å². The fourth-order valence-corrected chi connectivity index (χ4v) is 7.12. The van der Waals surface area contributed by atoms with Crippen molar-refractivity contribution in [1.29, 1.82) is 0 Å². The van der Waals surface area contributed by atoms with E-state index in [1.165, 1.54) is 76.8 Å². The second kappa shape index (κ2) is 11.7. The van der Waals surface area contributed by atoms with E-state index in [9.17, 15) is 0 Å². The molecule has 1 aliphatic rings. The molecule has 218 valence electrons. The van der Waals surface area contributed by atoms with Gasteiger partial charge in [0.25, 0.3) is 0 Å². The molecule has 0 amide bonds. The van der Waals surface area contributed by atoms with E-state index in [1.54, 1.807) is 0 Å². The van der Waals surface area contributed by atoms with Gasteiger partial charge in [-0.3, -0.25) is 0 Å². The lowest BCUT2D eigenvalue weighted by Gasteiger charge is -2.21. The van der Waals surface area contributed by atoms with Gasteiger partial charge >= 0.3 is 0 Å². The first-order valence-corrected chi connectivity index (χ1v) is 16.0. The largest absolute Gasteiger partial charge is 0.0911 e. The molecule has 0 bridgehead atoms. The molecule has 8 rings (SSSR count). The predicted molar refractivity (Wildman–Crippen MR) is 201 cm³/mol. The maximum atomic E-state index is 4.38. The Balaban J connectivity index is 1.42. The molecule has 0 heterocycles. The zero-order valence-corrected chi connectivity index (χ0v) is 26.0. The summed E-state index contributed by atoms with van der Waals surface area (Å²) in [5.41, 5.74) is 12.2. The van der Waals surface area contributed by atoms with E-state index in [1.807, 2.05) is 0 Å². The van der Waals surface area contributed by atoms with Crippen LogP contribution >= 0.6 is 0 Å². The number of benzene rings is 7. The molecule has 0 saturated carbocycles. The van der Waals surface area contributed by atoms with Crippen molar-refractivity contribution in [2.45, 2.75) is 13.3 Å². The third kappa shape index (κ3) is 4.89. The summed E-state index contributed by atoms with van der Waals surface area (Å²) in [6.07, 6.45) is 11.8. The molecule has 0 aliphatic heterocycles. The first-order chi connectivity index (χ1) is 22.7. The molecule has 0 atom stereocenters. The lowest BCUT2D eigenvalue weighted by atomic mass is 9.82. The number of hydrogen-bond donors (Lipinski definition) is 0. The van der Waals surface area contributed by atoms with Crippen molar-refractivity contribution in [3.8, 4) is 22.3 Å². The topological polar surface area (TPSA) is 0 Å². The Morgan fingerprint density at radius 3 is 1.85 bits per heavy atom. The highest BCUT2D eigenvalue weighted by Gasteiger charge is 2.20. The minimum absolute atomic E-state index is 0.825. The molecule has 0 saturated heterocycles. The van der Waals surface area contributed by atoms with Crippen LogP contribution in [-0.2, 0) is 0 Å². The number of fused-ring (bicyclic) bond motifs is 4. The van der Waals surface area contributed by atoms with Crippen LogP contribution in [0.15, 0.2) is 164 Å². The van der Waals surface area contributed by atoms with Crippen LogP contribution in [0.25, 0.3) is 71.8 Å². The molecule has 0 spiro atoms. The van der Waals surface area contributed by atoms with Crippen molar-refractivity contribution >= 4 is 49.5 Å². The molecule has 0 nitrogen and oxygen atoms in total. The molecule has 7 aromatic rings. The minimum Gasteiger partial charge on any atom is -0.0911 e. The van der Waals surface area contributed by atoms with Gasteiger partial charge in [-0.25, -0.2) is 0 Å². The monoisotopic (exact) mass is 586 g/mol. The first-order valence-electron chi connectivity index (χ1n) is 16.0. The van der Waals surface area contributed by atoms with E-state index in [0.717, 1.165) is 17.6 Å². The summed E-state index contributed by atoms with van der Waals surface area (Å²) >= 11 is 0. The molecule has 46 heavy (non-hydrogen) atoms. The Morgan fingerprint density at radius 2 is 1.11 bits per heavy atom. The van der Waals surface area contributed by atoms with Crippen LogP contribution in [0, 0.1) is 6.92 Å². The standard InChI is InChI=1S/C46H34/c1-31-24-25-34-29-36(27-26-33(34)28-31)39-18-8-9-19-40(39)46-43-22-12-10-20-41(43)45(42-21-11-13-23-44(42)46)37-16-5-3-4-14-32(2)38-17-7-6-15-35(38)30-37/h3-15,17-30H,2,16H2,1H3/b5-3-,14-4-,37-30+. The second-order valence-corrected chi connectivity index (χ2v) is 12.2. The van der Waals surface area contributed by atoms with Crippen molar-refractivity contribution in [1.82, 2.24) is 0 Å². The molecule has 1 aliphatic carbocycles. The van der Waals surface area contributed by atoms with E-state index in [4.69, 9.17) is 0 Å². The highest BCUT2D eigenvalue weighted by atomic mass is 14.2. The van der Waals surface area contributed by atoms with Crippen LogP contribution < -0.4 is 0 Å². The molecule has 0 unspecified atom stereocenters. The smallest absolute Gasteiger partial charge is 0.00201 e. The van der Waals surface area contributed by atoms with Gasteiger partial charge in [-0.2, -0.15) is 0 Å². The van der Waals surface area contributed by atoms with Gasteiger partial charge in [-0.15, -0.1) is 0 Å². The first kappa shape index (κ1) is 27.8. The average Bonchev–Trinajstić information content (AvgIpc) is 3.10. The van der Waals surface area contributed by atoms with Crippen molar-refractivity contribution in [2.24, 2.45) is 0 Å². The highest BCUT2D eigenvalue weighted by Crippen LogP contribution is 2.46.